The van der Waals surface area contributed by atoms with Crippen molar-refractivity contribution >= 4 is 11.9 Å². The van der Waals surface area contributed by atoms with Crippen LogP contribution in [0.4, 0.5) is 0 Å². The van der Waals surface area contributed by atoms with Gasteiger partial charge in [-0.2, -0.15) is 0 Å². The molecule has 1 saturated heterocycles. The van der Waals surface area contributed by atoms with E-state index in [2.05, 4.69) is 6.58 Å². The number of amides is 1. The zero-order valence-electron chi connectivity index (χ0n) is 10.4. The van der Waals surface area contributed by atoms with Gasteiger partial charge in [0.2, 0.25) is 5.91 Å². The number of carboxylic acid groups (broad SMARTS) is 1. The summed E-state index contributed by atoms with van der Waals surface area (Å²) in [6.45, 7) is 6.54. The van der Waals surface area contributed by atoms with E-state index in [9.17, 15) is 14.7 Å². The molecule has 1 N–H and O–H groups in total. The zero-order chi connectivity index (χ0) is 12.9. The van der Waals surface area contributed by atoms with E-state index < -0.39 is 11.4 Å². The molecule has 0 spiro atoms. The minimum atomic E-state index is -0.768. The van der Waals surface area contributed by atoms with Gasteiger partial charge in [-0.3, -0.25) is 9.59 Å². The fraction of sp³-hybridized carbons (Fsp3) is 0.692. The smallest absolute Gasteiger partial charge is 0.311 e. The number of aliphatic carboxylic acids is 1. The summed E-state index contributed by atoms with van der Waals surface area (Å²) in [4.78, 5) is 24.9. The highest BCUT2D eigenvalue weighted by atomic mass is 16.4. The molecule has 17 heavy (non-hydrogen) atoms. The number of carbonyl (C=O) groups excluding carboxylic acids is 1. The van der Waals surface area contributed by atoms with Gasteiger partial charge >= 0.3 is 5.97 Å². The molecule has 0 aromatic rings. The van der Waals surface area contributed by atoms with Crippen molar-refractivity contribution in [2.24, 2.45) is 5.41 Å². The van der Waals surface area contributed by atoms with Crippen LogP contribution in [0.2, 0.25) is 0 Å². The summed E-state index contributed by atoms with van der Waals surface area (Å²) in [5.74, 6) is -0.781. The predicted molar refractivity (Wildman–Crippen MR) is 65.6 cm³/mol. The Labute approximate surface area is 102 Å². The molecule has 1 atom stereocenters. The van der Waals surface area contributed by atoms with Gasteiger partial charge in [0.1, 0.15) is 0 Å². The van der Waals surface area contributed by atoms with E-state index in [-0.39, 0.29) is 5.91 Å². The molecule has 0 bridgehead atoms. The molecule has 1 rings (SSSR count). The maximum absolute atomic E-state index is 11.8. The van der Waals surface area contributed by atoms with Crippen molar-refractivity contribution in [3.63, 3.8) is 0 Å². The molecule has 1 unspecified atom stereocenters. The Bertz CT molecular complexity index is 310. The molecule has 96 valence electrons. The second-order valence-corrected chi connectivity index (χ2v) is 4.75. The Morgan fingerprint density at radius 2 is 2.24 bits per heavy atom. The first-order valence-electron chi connectivity index (χ1n) is 6.18. The molecular formula is C13H21NO3. The summed E-state index contributed by atoms with van der Waals surface area (Å²) >= 11 is 0. The number of piperidine rings is 1. The van der Waals surface area contributed by atoms with Crippen molar-refractivity contribution in [2.75, 3.05) is 13.1 Å². The molecule has 1 amide bonds. The molecular weight excluding hydrogens is 218 g/mol. The van der Waals surface area contributed by atoms with Crippen LogP contribution in [-0.4, -0.2) is 35.0 Å². The van der Waals surface area contributed by atoms with Gasteiger partial charge in [0, 0.05) is 19.5 Å². The summed E-state index contributed by atoms with van der Waals surface area (Å²) in [7, 11) is 0. The number of carboxylic acids is 1. The molecule has 1 fully saturated rings. The standard InChI is InChI=1S/C13H21NO3/c1-3-6-11(15)14-9-5-8-13(10-14,7-4-2)12(16)17/h3H,1,4-10H2,2H3,(H,16,17). The van der Waals surface area contributed by atoms with E-state index in [1.807, 2.05) is 6.92 Å². The minimum absolute atomic E-state index is 0.0126. The number of hydrogen-bond donors (Lipinski definition) is 1. The zero-order valence-corrected chi connectivity index (χ0v) is 10.4. The number of rotatable bonds is 5. The molecule has 0 saturated carbocycles. The number of carbonyl (C=O) groups is 2. The number of likely N-dealkylation sites (tertiary alicyclic amines) is 1. The SMILES string of the molecule is C=CCC(=O)N1CCCC(CCC)(C(=O)O)C1. The highest BCUT2D eigenvalue weighted by molar-refractivity contribution is 5.80. The van der Waals surface area contributed by atoms with Crippen LogP contribution >= 0.6 is 0 Å². The quantitative estimate of drug-likeness (QED) is 0.747. The summed E-state index contributed by atoms with van der Waals surface area (Å²) in [5, 5.41) is 9.39. The second kappa shape index (κ2) is 5.84. The summed E-state index contributed by atoms with van der Waals surface area (Å²) in [6.07, 6.45) is 4.78. The van der Waals surface area contributed by atoms with Crippen molar-refractivity contribution in [3.8, 4) is 0 Å². The summed E-state index contributed by atoms with van der Waals surface area (Å²) in [5.41, 5.74) is -0.732. The lowest BCUT2D eigenvalue weighted by Crippen LogP contribution is -2.49. The Morgan fingerprint density at radius 3 is 2.76 bits per heavy atom. The van der Waals surface area contributed by atoms with Crippen LogP contribution in [0.25, 0.3) is 0 Å². The van der Waals surface area contributed by atoms with Crippen LogP contribution in [0.1, 0.15) is 39.0 Å². The van der Waals surface area contributed by atoms with Crippen LogP contribution in [0.3, 0.4) is 0 Å². The minimum Gasteiger partial charge on any atom is -0.481 e. The van der Waals surface area contributed by atoms with Crippen molar-refractivity contribution in [1.29, 1.82) is 0 Å². The maximum Gasteiger partial charge on any atom is 0.311 e. The fourth-order valence-electron chi connectivity index (χ4n) is 2.56. The first-order chi connectivity index (χ1) is 8.05. The topological polar surface area (TPSA) is 57.6 Å². The summed E-state index contributed by atoms with van der Waals surface area (Å²) in [6, 6.07) is 0. The van der Waals surface area contributed by atoms with Crippen molar-refractivity contribution < 1.29 is 14.7 Å². The molecule has 0 aliphatic carbocycles. The lowest BCUT2D eigenvalue weighted by Gasteiger charge is -2.39. The van der Waals surface area contributed by atoms with E-state index in [0.29, 0.717) is 32.4 Å². The highest BCUT2D eigenvalue weighted by Gasteiger charge is 2.42. The third kappa shape index (κ3) is 3.08. The molecule has 0 radical (unpaired) electrons. The summed E-state index contributed by atoms with van der Waals surface area (Å²) < 4.78 is 0. The fourth-order valence-corrected chi connectivity index (χ4v) is 2.56. The van der Waals surface area contributed by atoms with Crippen LogP contribution in [0.15, 0.2) is 12.7 Å². The number of hydrogen-bond acceptors (Lipinski definition) is 2. The van der Waals surface area contributed by atoms with Gasteiger partial charge in [-0.15, -0.1) is 6.58 Å². The Hall–Kier alpha value is -1.32. The van der Waals surface area contributed by atoms with Gasteiger partial charge in [-0.25, -0.2) is 0 Å². The molecule has 0 aromatic heterocycles. The Balaban J connectivity index is 2.77. The molecule has 1 aliphatic rings. The van der Waals surface area contributed by atoms with Crippen LogP contribution < -0.4 is 0 Å². The average Bonchev–Trinajstić information content (AvgIpc) is 2.30. The molecule has 4 heteroatoms. The van der Waals surface area contributed by atoms with E-state index in [0.717, 1.165) is 12.8 Å². The molecule has 4 nitrogen and oxygen atoms in total. The third-order valence-corrected chi connectivity index (χ3v) is 3.43. The van der Waals surface area contributed by atoms with Gasteiger partial charge in [0.25, 0.3) is 0 Å². The van der Waals surface area contributed by atoms with Crippen LogP contribution in [0, 0.1) is 5.41 Å². The van der Waals surface area contributed by atoms with Gasteiger partial charge in [0.15, 0.2) is 0 Å². The van der Waals surface area contributed by atoms with Crippen LogP contribution in [0.5, 0.6) is 0 Å². The third-order valence-electron chi connectivity index (χ3n) is 3.43. The lowest BCUT2D eigenvalue weighted by molar-refractivity contribution is -0.155. The van der Waals surface area contributed by atoms with Gasteiger partial charge in [-0.1, -0.05) is 19.4 Å². The van der Waals surface area contributed by atoms with Gasteiger partial charge < -0.3 is 10.0 Å². The maximum atomic E-state index is 11.8. The number of nitrogens with zero attached hydrogens (tertiary/aromatic N) is 1. The van der Waals surface area contributed by atoms with E-state index >= 15 is 0 Å². The van der Waals surface area contributed by atoms with Crippen molar-refractivity contribution in [3.05, 3.63) is 12.7 Å². The Kier molecular flexibility index (Phi) is 4.73. The van der Waals surface area contributed by atoms with Crippen molar-refractivity contribution in [1.82, 2.24) is 4.90 Å². The largest absolute Gasteiger partial charge is 0.481 e. The van der Waals surface area contributed by atoms with Gasteiger partial charge in [-0.05, 0) is 19.3 Å². The predicted octanol–water partition coefficient (Wildman–Crippen LogP) is 2.06. The highest BCUT2D eigenvalue weighted by Crippen LogP contribution is 2.35. The Morgan fingerprint density at radius 1 is 1.53 bits per heavy atom. The second-order valence-electron chi connectivity index (χ2n) is 4.75. The van der Waals surface area contributed by atoms with E-state index in [4.69, 9.17) is 0 Å². The lowest BCUT2D eigenvalue weighted by atomic mass is 9.76. The first kappa shape index (κ1) is 13.7. The van der Waals surface area contributed by atoms with Crippen molar-refractivity contribution in [2.45, 2.75) is 39.0 Å². The van der Waals surface area contributed by atoms with E-state index in [1.54, 1.807) is 11.0 Å². The first-order valence-corrected chi connectivity index (χ1v) is 6.18. The molecule has 0 aromatic carbocycles. The van der Waals surface area contributed by atoms with E-state index in [1.165, 1.54) is 0 Å². The van der Waals surface area contributed by atoms with Crippen LogP contribution in [-0.2, 0) is 9.59 Å². The normalized spacial score (nSPS) is 24.4. The van der Waals surface area contributed by atoms with Gasteiger partial charge in [0.05, 0.1) is 5.41 Å². The monoisotopic (exact) mass is 239 g/mol. The molecule has 1 heterocycles. The average molecular weight is 239 g/mol. The molecule has 1 aliphatic heterocycles.